The van der Waals surface area contributed by atoms with E-state index in [0.29, 0.717) is 13.2 Å². The maximum absolute atomic E-state index is 12.6. The van der Waals surface area contributed by atoms with Crippen LogP contribution in [0.3, 0.4) is 0 Å². The van der Waals surface area contributed by atoms with Gasteiger partial charge in [0.25, 0.3) is 0 Å². The van der Waals surface area contributed by atoms with E-state index in [1.165, 1.54) is 0 Å². The first-order chi connectivity index (χ1) is 12.1. The van der Waals surface area contributed by atoms with Crippen LogP contribution in [-0.2, 0) is 10.3 Å². The van der Waals surface area contributed by atoms with Crippen LogP contribution >= 0.6 is 0 Å². The van der Waals surface area contributed by atoms with Crippen molar-refractivity contribution in [3.8, 4) is 5.75 Å². The predicted octanol–water partition coefficient (Wildman–Crippen LogP) is 3.83. The minimum atomic E-state index is -0.431. The number of carbonyl (C=O) groups is 1. The number of hydrogen-bond acceptors (Lipinski definition) is 3. The molecule has 5 nitrogen and oxygen atoms in total. The van der Waals surface area contributed by atoms with Crippen molar-refractivity contribution in [2.45, 2.75) is 25.3 Å². The summed E-state index contributed by atoms with van der Waals surface area (Å²) in [5, 5.41) is 6.10. The van der Waals surface area contributed by atoms with Gasteiger partial charge in [0.2, 0.25) is 0 Å². The Balaban J connectivity index is 1.77. The highest BCUT2D eigenvalue weighted by Gasteiger charge is 2.36. The first-order valence-corrected chi connectivity index (χ1v) is 8.49. The van der Waals surface area contributed by atoms with Crippen LogP contribution in [0, 0.1) is 6.92 Å². The summed E-state index contributed by atoms with van der Waals surface area (Å²) in [6, 6.07) is 15.4. The molecule has 2 amide bonds. The topological polar surface area (TPSA) is 59.6 Å². The van der Waals surface area contributed by atoms with Crippen molar-refractivity contribution in [3.63, 3.8) is 0 Å². The molecule has 1 heterocycles. The van der Waals surface area contributed by atoms with Crippen molar-refractivity contribution in [2.75, 3.05) is 25.6 Å². The van der Waals surface area contributed by atoms with Gasteiger partial charge in [-0.05, 0) is 49.6 Å². The molecule has 132 valence electrons. The molecule has 25 heavy (non-hydrogen) atoms. The van der Waals surface area contributed by atoms with Crippen LogP contribution < -0.4 is 15.4 Å². The lowest BCUT2D eigenvalue weighted by Gasteiger charge is -2.38. The Kier molecular flexibility index (Phi) is 5.24. The largest absolute Gasteiger partial charge is 0.497 e. The van der Waals surface area contributed by atoms with Gasteiger partial charge in [-0.1, -0.05) is 29.8 Å². The van der Waals surface area contributed by atoms with Gasteiger partial charge in [0, 0.05) is 18.9 Å². The third kappa shape index (κ3) is 4.12. The Bertz CT molecular complexity index is 705. The molecule has 1 aliphatic rings. The Hall–Kier alpha value is -2.53. The number of nitrogens with one attached hydrogen (secondary N) is 2. The average molecular weight is 340 g/mol. The number of hydrogen-bond donors (Lipinski definition) is 2. The standard InChI is InChI=1S/C20H24N2O3/c1-15-3-7-17(8-4-15)21-19(23)22-20(11-13-25-14-12-20)16-5-9-18(24-2)10-6-16/h3-10H,11-14H2,1-2H3,(H2,21,22,23). The second kappa shape index (κ2) is 7.57. The molecule has 3 rings (SSSR count). The second-order valence-electron chi connectivity index (χ2n) is 6.37. The van der Waals surface area contributed by atoms with E-state index >= 15 is 0 Å². The molecule has 0 atom stereocenters. The highest BCUT2D eigenvalue weighted by atomic mass is 16.5. The highest BCUT2D eigenvalue weighted by molar-refractivity contribution is 5.89. The fourth-order valence-electron chi connectivity index (χ4n) is 3.13. The van der Waals surface area contributed by atoms with Crippen LogP contribution in [0.5, 0.6) is 5.75 Å². The summed E-state index contributed by atoms with van der Waals surface area (Å²) < 4.78 is 10.7. The van der Waals surface area contributed by atoms with Crippen LogP contribution in [0.25, 0.3) is 0 Å². The summed E-state index contributed by atoms with van der Waals surface area (Å²) in [6.07, 6.45) is 1.47. The SMILES string of the molecule is COc1ccc(C2(NC(=O)Nc3ccc(C)cc3)CCOCC2)cc1. The fourth-order valence-corrected chi connectivity index (χ4v) is 3.13. The van der Waals surface area contributed by atoms with Crippen molar-refractivity contribution in [2.24, 2.45) is 0 Å². The van der Waals surface area contributed by atoms with E-state index in [9.17, 15) is 4.79 Å². The van der Waals surface area contributed by atoms with Gasteiger partial charge in [-0.25, -0.2) is 4.79 Å². The third-order valence-electron chi connectivity index (χ3n) is 4.65. The maximum Gasteiger partial charge on any atom is 0.319 e. The zero-order valence-corrected chi connectivity index (χ0v) is 14.7. The molecular weight excluding hydrogens is 316 g/mol. The Morgan fingerprint density at radius 2 is 1.68 bits per heavy atom. The van der Waals surface area contributed by atoms with Gasteiger partial charge < -0.3 is 20.1 Å². The minimum absolute atomic E-state index is 0.207. The molecule has 2 aromatic rings. The fraction of sp³-hybridized carbons (Fsp3) is 0.350. The number of methoxy groups -OCH3 is 1. The molecule has 0 aliphatic carbocycles. The normalized spacial score (nSPS) is 16.1. The molecule has 5 heteroatoms. The Morgan fingerprint density at radius 3 is 2.28 bits per heavy atom. The van der Waals surface area contributed by atoms with Crippen molar-refractivity contribution in [1.29, 1.82) is 0 Å². The lowest BCUT2D eigenvalue weighted by atomic mass is 9.82. The maximum atomic E-state index is 12.6. The molecule has 1 fully saturated rings. The van der Waals surface area contributed by atoms with E-state index in [4.69, 9.17) is 9.47 Å². The van der Waals surface area contributed by atoms with Crippen LogP contribution in [-0.4, -0.2) is 26.4 Å². The second-order valence-corrected chi connectivity index (χ2v) is 6.37. The van der Waals surface area contributed by atoms with E-state index in [0.717, 1.165) is 35.4 Å². The Labute approximate surface area is 148 Å². The number of aryl methyl sites for hydroxylation is 1. The lowest BCUT2D eigenvalue weighted by molar-refractivity contribution is 0.0418. The molecule has 1 saturated heterocycles. The minimum Gasteiger partial charge on any atom is -0.497 e. The molecule has 0 radical (unpaired) electrons. The number of urea groups is 1. The molecule has 1 aliphatic heterocycles. The van der Waals surface area contributed by atoms with Gasteiger partial charge in [-0.3, -0.25) is 0 Å². The first kappa shape index (κ1) is 17.3. The van der Waals surface area contributed by atoms with Gasteiger partial charge in [0.1, 0.15) is 5.75 Å². The zero-order chi connectivity index (χ0) is 17.7. The number of benzene rings is 2. The Morgan fingerprint density at radius 1 is 1.04 bits per heavy atom. The summed E-state index contributed by atoms with van der Waals surface area (Å²) in [5.41, 5.74) is 2.57. The molecule has 2 aromatic carbocycles. The van der Waals surface area contributed by atoms with Gasteiger partial charge >= 0.3 is 6.03 Å². The van der Waals surface area contributed by atoms with E-state index in [1.54, 1.807) is 7.11 Å². The average Bonchev–Trinajstić information content (AvgIpc) is 2.64. The van der Waals surface area contributed by atoms with Gasteiger partial charge in [0.15, 0.2) is 0 Å². The zero-order valence-electron chi connectivity index (χ0n) is 14.7. The highest BCUT2D eigenvalue weighted by Crippen LogP contribution is 2.33. The molecule has 0 unspecified atom stereocenters. The molecule has 0 aromatic heterocycles. The molecular formula is C20H24N2O3. The summed E-state index contributed by atoms with van der Waals surface area (Å²) >= 11 is 0. The van der Waals surface area contributed by atoms with Crippen LogP contribution in [0.2, 0.25) is 0 Å². The van der Waals surface area contributed by atoms with E-state index in [-0.39, 0.29) is 6.03 Å². The van der Waals surface area contributed by atoms with E-state index < -0.39 is 5.54 Å². The third-order valence-corrected chi connectivity index (χ3v) is 4.65. The van der Waals surface area contributed by atoms with E-state index in [2.05, 4.69) is 10.6 Å². The first-order valence-electron chi connectivity index (χ1n) is 8.49. The van der Waals surface area contributed by atoms with E-state index in [1.807, 2.05) is 55.5 Å². The van der Waals surface area contributed by atoms with Crippen LogP contribution in [0.1, 0.15) is 24.0 Å². The van der Waals surface area contributed by atoms with Crippen LogP contribution in [0.15, 0.2) is 48.5 Å². The number of anilines is 1. The lowest BCUT2D eigenvalue weighted by Crippen LogP contribution is -2.50. The van der Waals surface area contributed by atoms with Gasteiger partial charge in [-0.15, -0.1) is 0 Å². The summed E-state index contributed by atoms with van der Waals surface area (Å²) in [7, 11) is 1.65. The smallest absolute Gasteiger partial charge is 0.319 e. The molecule has 0 saturated carbocycles. The molecule has 0 bridgehead atoms. The van der Waals surface area contributed by atoms with Crippen molar-refractivity contribution >= 4 is 11.7 Å². The van der Waals surface area contributed by atoms with Crippen molar-refractivity contribution < 1.29 is 14.3 Å². The molecule has 2 N–H and O–H groups in total. The summed E-state index contributed by atoms with van der Waals surface area (Å²) in [4.78, 5) is 12.6. The summed E-state index contributed by atoms with van der Waals surface area (Å²) in [5.74, 6) is 0.801. The molecule has 0 spiro atoms. The summed E-state index contributed by atoms with van der Waals surface area (Å²) in [6.45, 7) is 3.26. The monoisotopic (exact) mass is 340 g/mol. The van der Waals surface area contributed by atoms with Crippen molar-refractivity contribution in [1.82, 2.24) is 5.32 Å². The number of ether oxygens (including phenoxy) is 2. The van der Waals surface area contributed by atoms with Gasteiger partial charge in [-0.2, -0.15) is 0 Å². The predicted molar refractivity (Wildman–Crippen MR) is 98.1 cm³/mol. The number of carbonyl (C=O) groups excluding carboxylic acids is 1. The quantitative estimate of drug-likeness (QED) is 0.889. The van der Waals surface area contributed by atoms with Crippen molar-refractivity contribution in [3.05, 3.63) is 59.7 Å². The van der Waals surface area contributed by atoms with Crippen LogP contribution in [0.4, 0.5) is 10.5 Å². The van der Waals surface area contributed by atoms with Gasteiger partial charge in [0.05, 0.1) is 12.6 Å². The number of amides is 2. The number of rotatable bonds is 4.